The minimum Gasteiger partial charge on any atom is -0.297 e. The molecule has 0 aliphatic heterocycles. The third-order valence-corrected chi connectivity index (χ3v) is 4.13. The fourth-order valence-electron chi connectivity index (χ4n) is 3.02. The first kappa shape index (κ1) is 15.0. The van der Waals surface area contributed by atoms with Gasteiger partial charge in [-0.3, -0.25) is 5.32 Å². The summed E-state index contributed by atoms with van der Waals surface area (Å²) in [5.41, 5.74) is -0.0883. The van der Waals surface area contributed by atoms with E-state index in [1.807, 2.05) is 13.0 Å². The Kier molecular flexibility index (Phi) is 5.14. The molecule has 108 valence electrons. The van der Waals surface area contributed by atoms with Crippen LogP contribution in [0.4, 0.5) is 4.39 Å². The lowest BCUT2D eigenvalue weighted by Gasteiger charge is -2.29. The highest BCUT2D eigenvalue weighted by Crippen LogP contribution is 2.22. The van der Waals surface area contributed by atoms with E-state index in [2.05, 4.69) is 11.4 Å². The van der Waals surface area contributed by atoms with Gasteiger partial charge in [-0.1, -0.05) is 43.9 Å². The van der Waals surface area contributed by atoms with Crippen LogP contribution in [-0.2, 0) is 6.42 Å². The smallest absolute Gasteiger partial charge is 0.126 e. The van der Waals surface area contributed by atoms with Gasteiger partial charge >= 0.3 is 0 Å². The summed E-state index contributed by atoms with van der Waals surface area (Å²) in [6.07, 6.45) is 7.66. The summed E-state index contributed by atoms with van der Waals surface area (Å²) in [7, 11) is 0. The highest BCUT2D eigenvalue weighted by Gasteiger charge is 2.28. The lowest BCUT2D eigenvalue weighted by molar-refractivity contribution is 0.346. The van der Waals surface area contributed by atoms with Crippen LogP contribution in [0.25, 0.3) is 0 Å². The van der Waals surface area contributed by atoms with E-state index in [0.717, 1.165) is 12.8 Å². The largest absolute Gasteiger partial charge is 0.297 e. The zero-order chi connectivity index (χ0) is 14.4. The zero-order valence-electron chi connectivity index (χ0n) is 12.2. The van der Waals surface area contributed by atoms with E-state index < -0.39 is 5.54 Å². The maximum absolute atomic E-state index is 13.8. The van der Waals surface area contributed by atoms with Crippen LogP contribution >= 0.6 is 0 Å². The van der Waals surface area contributed by atoms with E-state index in [1.165, 1.54) is 31.7 Å². The van der Waals surface area contributed by atoms with Crippen LogP contribution in [0.5, 0.6) is 0 Å². The van der Waals surface area contributed by atoms with Crippen molar-refractivity contribution < 1.29 is 4.39 Å². The van der Waals surface area contributed by atoms with Gasteiger partial charge in [-0.25, -0.2) is 4.39 Å². The Morgan fingerprint density at radius 2 is 1.90 bits per heavy atom. The van der Waals surface area contributed by atoms with E-state index in [4.69, 9.17) is 0 Å². The molecule has 0 amide bonds. The summed E-state index contributed by atoms with van der Waals surface area (Å²) in [6, 6.07) is 9.45. The quantitative estimate of drug-likeness (QED) is 0.843. The molecule has 0 spiro atoms. The van der Waals surface area contributed by atoms with Crippen molar-refractivity contribution >= 4 is 0 Å². The molecular weight excluding hydrogens is 251 g/mol. The molecule has 2 rings (SSSR count). The number of rotatable bonds is 4. The Hall–Kier alpha value is -1.40. The second kappa shape index (κ2) is 6.85. The summed E-state index contributed by atoms with van der Waals surface area (Å²) >= 11 is 0. The molecule has 0 heterocycles. The number of nitrogens with zero attached hydrogens (tertiary/aromatic N) is 1. The molecule has 2 nitrogen and oxygen atoms in total. The van der Waals surface area contributed by atoms with Crippen molar-refractivity contribution in [2.24, 2.45) is 0 Å². The number of benzene rings is 1. The van der Waals surface area contributed by atoms with Crippen LogP contribution in [0.1, 0.15) is 51.0 Å². The Morgan fingerprint density at radius 3 is 2.50 bits per heavy atom. The molecule has 0 saturated heterocycles. The Bertz CT molecular complexity index is 472. The van der Waals surface area contributed by atoms with Crippen LogP contribution in [0.2, 0.25) is 0 Å². The summed E-state index contributed by atoms with van der Waals surface area (Å²) in [6.45, 7) is 1.88. The molecule has 1 aliphatic rings. The second-order valence-electron chi connectivity index (χ2n) is 6.04. The molecular formula is C17H23FN2. The Balaban J connectivity index is 2.05. The average molecular weight is 274 g/mol. The molecule has 1 saturated carbocycles. The molecule has 1 unspecified atom stereocenters. The Labute approximate surface area is 121 Å². The van der Waals surface area contributed by atoms with E-state index in [9.17, 15) is 9.65 Å². The molecule has 1 N–H and O–H groups in total. The lowest BCUT2D eigenvalue weighted by Crippen LogP contribution is -2.48. The molecule has 0 aromatic heterocycles. The first-order valence-corrected chi connectivity index (χ1v) is 7.55. The highest BCUT2D eigenvalue weighted by atomic mass is 19.1. The standard InChI is InChI=1S/C17H23FN2/c1-17(13-19,12-14-8-6-7-11-16(14)18)20-15-9-4-2-3-5-10-15/h6-8,11,15,20H,2-5,9-10,12H2,1H3. The van der Waals surface area contributed by atoms with Gasteiger partial charge in [0.15, 0.2) is 0 Å². The van der Waals surface area contributed by atoms with E-state index >= 15 is 0 Å². The molecule has 20 heavy (non-hydrogen) atoms. The maximum atomic E-state index is 13.8. The van der Waals surface area contributed by atoms with Gasteiger partial charge in [0, 0.05) is 12.5 Å². The number of hydrogen-bond donors (Lipinski definition) is 1. The number of hydrogen-bond acceptors (Lipinski definition) is 2. The minimum absolute atomic E-state index is 0.225. The third-order valence-electron chi connectivity index (χ3n) is 4.13. The van der Waals surface area contributed by atoms with Crippen molar-refractivity contribution in [3.8, 4) is 6.07 Å². The molecule has 1 fully saturated rings. The van der Waals surface area contributed by atoms with Gasteiger partial charge < -0.3 is 0 Å². The topological polar surface area (TPSA) is 35.8 Å². The van der Waals surface area contributed by atoms with Gasteiger partial charge in [-0.05, 0) is 31.4 Å². The van der Waals surface area contributed by atoms with Crippen LogP contribution in [0.15, 0.2) is 24.3 Å². The van der Waals surface area contributed by atoms with Gasteiger partial charge in [-0.2, -0.15) is 5.26 Å². The van der Waals surface area contributed by atoms with Crippen molar-refractivity contribution in [2.45, 2.75) is 63.5 Å². The molecule has 1 aliphatic carbocycles. The van der Waals surface area contributed by atoms with Crippen molar-refractivity contribution in [1.29, 1.82) is 5.26 Å². The van der Waals surface area contributed by atoms with Crippen LogP contribution < -0.4 is 5.32 Å². The average Bonchev–Trinajstić information content (AvgIpc) is 2.70. The zero-order valence-corrected chi connectivity index (χ0v) is 12.2. The Morgan fingerprint density at radius 1 is 1.25 bits per heavy atom. The lowest BCUT2D eigenvalue weighted by atomic mass is 9.92. The van der Waals surface area contributed by atoms with Gasteiger partial charge in [0.1, 0.15) is 11.4 Å². The molecule has 1 aromatic carbocycles. The predicted molar refractivity (Wildman–Crippen MR) is 78.7 cm³/mol. The fourth-order valence-corrected chi connectivity index (χ4v) is 3.02. The number of nitrogens with one attached hydrogen (secondary N) is 1. The van der Waals surface area contributed by atoms with E-state index in [-0.39, 0.29) is 5.82 Å². The van der Waals surface area contributed by atoms with Crippen LogP contribution in [0, 0.1) is 17.1 Å². The highest BCUT2D eigenvalue weighted by molar-refractivity contribution is 5.23. The molecule has 1 atom stereocenters. The summed E-state index contributed by atoms with van der Waals surface area (Å²) in [5, 5.41) is 13.0. The van der Waals surface area contributed by atoms with Gasteiger partial charge in [-0.15, -0.1) is 0 Å². The van der Waals surface area contributed by atoms with Gasteiger partial charge in [0.25, 0.3) is 0 Å². The van der Waals surface area contributed by atoms with Gasteiger partial charge in [0.05, 0.1) is 6.07 Å². The van der Waals surface area contributed by atoms with Crippen LogP contribution in [0.3, 0.4) is 0 Å². The first-order chi connectivity index (χ1) is 9.63. The van der Waals surface area contributed by atoms with Crippen LogP contribution in [-0.4, -0.2) is 11.6 Å². The van der Waals surface area contributed by atoms with Crippen molar-refractivity contribution in [3.05, 3.63) is 35.6 Å². The van der Waals surface area contributed by atoms with E-state index in [0.29, 0.717) is 18.0 Å². The summed E-state index contributed by atoms with van der Waals surface area (Å²) in [5.74, 6) is -0.225. The molecule has 1 aromatic rings. The minimum atomic E-state index is -0.697. The van der Waals surface area contributed by atoms with E-state index in [1.54, 1.807) is 12.1 Å². The monoisotopic (exact) mass is 274 g/mol. The molecule has 3 heteroatoms. The second-order valence-corrected chi connectivity index (χ2v) is 6.04. The predicted octanol–water partition coefficient (Wildman–Crippen LogP) is 3.96. The SMILES string of the molecule is CC(C#N)(Cc1ccccc1F)NC1CCCCCC1. The van der Waals surface area contributed by atoms with Crippen molar-refractivity contribution in [3.63, 3.8) is 0 Å². The summed E-state index contributed by atoms with van der Waals surface area (Å²) < 4.78 is 13.8. The maximum Gasteiger partial charge on any atom is 0.126 e. The van der Waals surface area contributed by atoms with Crippen molar-refractivity contribution in [2.75, 3.05) is 0 Å². The van der Waals surface area contributed by atoms with Crippen molar-refractivity contribution in [1.82, 2.24) is 5.32 Å². The number of halogens is 1. The third kappa shape index (κ3) is 4.05. The van der Waals surface area contributed by atoms with Gasteiger partial charge in [0.2, 0.25) is 0 Å². The normalized spacial score (nSPS) is 19.9. The fraction of sp³-hybridized carbons (Fsp3) is 0.588. The summed E-state index contributed by atoms with van der Waals surface area (Å²) in [4.78, 5) is 0. The molecule has 0 bridgehead atoms. The number of nitriles is 1. The first-order valence-electron chi connectivity index (χ1n) is 7.55. The molecule has 0 radical (unpaired) electrons.